The SMILES string of the molecule is COc1ncccc1-c1c(C(=O)NS(C)(=O)=O)n(CC2CCCN(C(=O)OC(C)(C)C)C2)c2ccc(Cl)cc12. The first-order valence-corrected chi connectivity index (χ1v) is 14.9. The van der Waals surface area contributed by atoms with E-state index >= 15 is 0 Å². The molecular weight excluding hydrogens is 544 g/mol. The van der Waals surface area contributed by atoms with Crippen LogP contribution >= 0.6 is 11.6 Å². The van der Waals surface area contributed by atoms with E-state index in [2.05, 4.69) is 9.71 Å². The average molecular weight is 577 g/mol. The van der Waals surface area contributed by atoms with Crippen molar-refractivity contribution >= 4 is 44.5 Å². The van der Waals surface area contributed by atoms with Crippen molar-refractivity contribution < 1.29 is 27.5 Å². The van der Waals surface area contributed by atoms with Crippen LogP contribution in [0.5, 0.6) is 5.88 Å². The molecule has 0 spiro atoms. The maximum absolute atomic E-state index is 13.6. The number of ether oxygens (including phenoxy) is 2. The Kier molecular flexibility index (Phi) is 8.13. The van der Waals surface area contributed by atoms with Crippen LogP contribution in [0.2, 0.25) is 5.02 Å². The first-order valence-electron chi connectivity index (χ1n) is 12.6. The summed E-state index contributed by atoms with van der Waals surface area (Å²) in [6.45, 7) is 6.83. The zero-order chi connectivity index (χ0) is 28.5. The first kappa shape index (κ1) is 28.7. The van der Waals surface area contributed by atoms with Gasteiger partial charge in [-0.2, -0.15) is 0 Å². The molecule has 2 aromatic heterocycles. The van der Waals surface area contributed by atoms with Gasteiger partial charge in [0.2, 0.25) is 15.9 Å². The molecule has 0 bridgehead atoms. The number of amides is 2. The summed E-state index contributed by atoms with van der Waals surface area (Å²) in [6, 6.07) is 8.73. The Morgan fingerprint density at radius 2 is 1.97 bits per heavy atom. The Labute approximate surface area is 233 Å². The summed E-state index contributed by atoms with van der Waals surface area (Å²) < 4.78 is 39.3. The van der Waals surface area contributed by atoms with Crippen molar-refractivity contribution in [3.63, 3.8) is 0 Å². The van der Waals surface area contributed by atoms with Gasteiger partial charge in [0.05, 0.1) is 13.4 Å². The zero-order valence-electron chi connectivity index (χ0n) is 22.7. The number of sulfonamides is 1. The second kappa shape index (κ2) is 11.1. The predicted molar refractivity (Wildman–Crippen MR) is 150 cm³/mol. The molecule has 1 unspecified atom stereocenters. The molecule has 1 N–H and O–H groups in total. The Balaban J connectivity index is 1.86. The molecule has 210 valence electrons. The van der Waals surface area contributed by atoms with Crippen LogP contribution in [-0.4, -0.2) is 66.9 Å². The van der Waals surface area contributed by atoms with Gasteiger partial charge in [0.25, 0.3) is 5.91 Å². The summed E-state index contributed by atoms with van der Waals surface area (Å²) in [7, 11) is -2.40. The smallest absolute Gasteiger partial charge is 0.410 e. The van der Waals surface area contributed by atoms with E-state index in [0.717, 1.165) is 19.1 Å². The lowest BCUT2D eigenvalue weighted by molar-refractivity contribution is 0.0157. The quantitative estimate of drug-likeness (QED) is 0.451. The number of halogens is 1. The van der Waals surface area contributed by atoms with Crippen molar-refractivity contribution in [1.29, 1.82) is 0 Å². The molecule has 3 aromatic rings. The number of piperidine rings is 1. The lowest BCUT2D eigenvalue weighted by Gasteiger charge is -2.34. The molecule has 10 nitrogen and oxygen atoms in total. The number of aromatic nitrogens is 2. The molecular formula is C27H33ClN4O6S. The molecule has 1 aliphatic rings. The van der Waals surface area contributed by atoms with Gasteiger partial charge in [0.15, 0.2) is 0 Å². The summed E-state index contributed by atoms with van der Waals surface area (Å²) in [5, 5.41) is 1.10. The van der Waals surface area contributed by atoms with Gasteiger partial charge in [-0.1, -0.05) is 11.6 Å². The van der Waals surface area contributed by atoms with E-state index < -0.39 is 21.5 Å². The Hall–Kier alpha value is -3.31. The van der Waals surface area contributed by atoms with Crippen molar-refractivity contribution in [3.8, 4) is 17.0 Å². The normalized spacial score (nSPS) is 16.3. The number of hydrogen-bond acceptors (Lipinski definition) is 7. The average Bonchev–Trinajstić information content (AvgIpc) is 3.15. The number of fused-ring (bicyclic) bond motifs is 1. The lowest BCUT2D eigenvalue weighted by Crippen LogP contribution is -2.44. The van der Waals surface area contributed by atoms with Gasteiger partial charge in [-0.25, -0.2) is 22.9 Å². The molecule has 1 aliphatic heterocycles. The highest BCUT2D eigenvalue weighted by Gasteiger charge is 2.32. The lowest BCUT2D eigenvalue weighted by atomic mass is 9.98. The van der Waals surface area contributed by atoms with Crippen LogP contribution in [0.3, 0.4) is 0 Å². The van der Waals surface area contributed by atoms with E-state index in [0.29, 0.717) is 46.7 Å². The number of hydrogen-bond donors (Lipinski definition) is 1. The summed E-state index contributed by atoms with van der Waals surface area (Å²) in [6.07, 6.45) is 3.69. The minimum Gasteiger partial charge on any atom is -0.481 e. The number of carbonyl (C=O) groups excluding carboxylic acids is 2. The van der Waals surface area contributed by atoms with Crippen molar-refractivity contribution in [2.45, 2.75) is 45.8 Å². The van der Waals surface area contributed by atoms with E-state index in [9.17, 15) is 18.0 Å². The molecule has 0 saturated carbocycles. The Morgan fingerprint density at radius 3 is 2.64 bits per heavy atom. The van der Waals surface area contributed by atoms with E-state index in [1.54, 1.807) is 46.0 Å². The fourth-order valence-electron chi connectivity index (χ4n) is 4.95. The first-order chi connectivity index (χ1) is 18.3. The molecule has 1 fully saturated rings. The second-order valence-corrected chi connectivity index (χ2v) is 12.9. The number of rotatable bonds is 6. The van der Waals surface area contributed by atoms with Gasteiger partial charge in [0, 0.05) is 52.9 Å². The maximum Gasteiger partial charge on any atom is 0.410 e. The van der Waals surface area contributed by atoms with Crippen LogP contribution < -0.4 is 9.46 Å². The minimum absolute atomic E-state index is 0.0222. The molecule has 0 aliphatic carbocycles. The molecule has 2 amide bonds. The number of nitrogens with one attached hydrogen (secondary N) is 1. The van der Waals surface area contributed by atoms with E-state index in [1.165, 1.54) is 7.11 Å². The van der Waals surface area contributed by atoms with Crippen LogP contribution in [0.15, 0.2) is 36.5 Å². The Morgan fingerprint density at radius 1 is 1.23 bits per heavy atom. The molecule has 39 heavy (non-hydrogen) atoms. The maximum atomic E-state index is 13.6. The van der Waals surface area contributed by atoms with Gasteiger partial charge in [-0.3, -0.25) is 4.79 Å². The van der Waals surface area contributed by atoms with Crippen molar-refractivity contribution in [2.24, 2.45) is 5.92 Å². The molecule has 1 atom stereocenters. The van der Waals surface area contributed by atoms with E-state index in [4.69, 9.17) is 21.1 Å². The molecule has 3 heterocycles. The topological polar surface area (TPSA) is 120 Å². The third kappa shape index (κ3) is 6.65. The van der Waals surface area contributed by atoms with Crippen LogP contribution in [0.25, 0.3) is 22.0 Å². The third-order valence-corrected chi connectivity index (χ3v) is 7.16. The highest BCUT2D eigenvalue weighted by atomic mass is 35.5. The number of benzene rings is 1. The molecule has 1 aromatic carbocycles. The largest absolute Gasteiger partial charge is 0.481 e. The fourth-order valence-corrected chi connectivity index (χ4v) is 5.56. The van der Waals surface area contributed by atoms with Crippen molar-refractivity contribution in [3.05, 3.63) is 47.2 Å². The van der Waals surface area contributed by atoms with Gasteiger partial charge in [-0.05, 0) is 69.9 Å². The number of likely N-dealkylation sites (tertiary alicyclic amines) is 1. The predicted octanol–water partition coefficient (Wildman–Crippen LogP) is 4.70. The van der Waals surface area contributed by atoms with Gasteiger partial charge in [0.1, 0.15) is 11.3 Å². The summed E-state index contributed by atoms with van der Waals surface area (Å²) >= 11 is 6.39. The zero-order valence-corrected chi connectivity index (χ0v) is 24.2. The van der Waals surface area contributed by atoms with E-state index in [1.807, 2.05) is 20.8 Å². The molecule has 1 saturated heterocycles. The molecule has 12 heteroatoms. The summed E-state index contributed by atoms with van der Waals surface area (Å²) in [4.78, 5) is 32.4. The highest BCUT2D eigenvalue weighted by molar-refractivity contribution is 7.89. The van der Waals surface area contributed by atoms with Gasteiger partial charge in [-0.15, -0.1) is 0 Å². The van der Waals surface area contributed by atoms with Crippen molar-refractivity contribution in [1.82, 2.24) is 19.2 Å². The van der Waals surface area contributed by atoms with Gasteiger partial charge >= 0.3 is 6.09 Å². The minimum atomic E-state index is -3.87. The number of carbonyl (C=O) groups is 2. The number of nitrogens with zero attached hydrogens (tertiary/aromatic N) is 3. The molecule has 4 rings (SSSR count). The second-order valence-electron chi connectivity index (χ2n) is 10.7. The third-order valence-electron chi connectivity index (χ3n) is 6.36. The van der Waals surface area contributed by atoms with Crippen molar-refractivity contribution in [2.75, 3.05) is 26.5 Å². The van der Waals surface area contributed by atoms with Crippen LogP contribution in [0, 0.1) is 5.92 Å². The van der Waals surface area contributed by atoms with E-state index in [-0.39, 0.29) is 23.6 Å². The summed E-state index contributed by atoms with van der Waals surface area (Å²) in [5.74, 6) is -0.532. The van der Waals surface area contributed by atoms with Crippen LogP contribution in [-0.2, 0) is 21.3 Å². The molecule has 0 radical (unpaired) electrons. The summed E-state index contributed by atoms with van der Waals surface area (Å²) in [5.41, 5.74) is 1.18. The highest BCUT2D eigenvalue weighted by Crippen LogP contribution is 2.40. The monoisotopic (exact) mass is 576 g/mol. The van der Waals surface area contributed by atoms with Crippen LogP contribution in [0.1, 0.15) is 44.1 Å². The Bertz CT molecular complexity index is 1510. The van der Waals surface area contributed by atoms with Crippen LogP contribution in [0.4, 0.5) is 4.79 Å². The fraction of sp³-hybridized carbons (Fsp3) is 0.444. The van der Waals surface area contributed by atoms with Gasteiger partial charge < -0.3 is 18.9 Å². The number of pyridine rings is 1. The number of methoxy groups -OCH3 is 1. The standard InChI is InChI=1S/C27H33ClN4O6S/c1-27(2,3)38-26(34)31-13-7-8-17(15-31)16-32-21-11-10-18(28)14-20(21)22(19-9-6-12-29-25(19)37-4)23(32)24(33)30-39(5,35)36/h6,9-12,14,17H,7-8,13,15-16H2,1-5H3,(H,30,33).